The molecule has 1 aliphatic rings. The van der Waals surface area contributed by atoms with Gasteiger partial charge < -0.3 is 10.4 Å². The normalized spacial score (nSPS) is 23.5. The van der Waals surface area contributed by atoms with Crippen molar-refractivity contribution in [1.82, 2.24) is 9.62 Å². The van der Waals surface area contributed by atoms with Crippen molar-refractivity contribution in [2.45, 2.75) is 58.0 Å². The molecule has 0 radical (unpaired) electrons. The van der Waals surface area contributed by atoms with Crippen LogP contribution in [0, 0.1) is 0 Å². The second kappa shape index (κ2) is 6.87. The van der Waals surface area contributed by atoms with Crippen molar-refractivity contribution < 1.29 is 18.3 Å². The molecule has 0 bridgehead atoms. The number of aliphatic hydroxyl groups is 1. The van der Waals surface area contributed by atoms with Crippen molar-refractivity contribution in [1.29, 1.82) is 0 Å². The number of nitrogens with zero attached hydrogens (tertiary/aromatic N) is 1. The third-order valence-corrected chi connectivity index (χ3v) is 5.96. The molecule has 2 N–H and O–H groups in total. The van der Waals surface area contributed by atoms with Gasteiger partial charge in [-0.15, -0.1) is 0 Å². The van der Waals surface area contributed by atoms with Gasteiger partial charge in [-0.05, 0) is 32.6 Å². The smallest absolute Gasteiger partial charge is 0.238 e. The summed E-state index contributed by atoms with van der Waals surface area (Å²) in [4.78, 5) is 12.3. The van der Waals surface area contributed by atoms with Crippen LogP contribution in [0.25, 0.3) is 0 Å². The Kier molecular flexibility index (Phi) is 5.97. The van der Waals surface area contributed by atoms with Gasteiger partial charge in [-0.1, -0.05) is 13.8 Å². The fraction of sp³-hybridized carbons (Fsp3) is 0.923. The van der Waals surface area contributed by atoms with Gasteiger partial charge >= 0.3 is 0 Å². The molecule has 0 saturated carbocycles. The van der Waals surface area contributed by atoms with Crippen molar-refractivity contribution in [2.24, 2.45) is 0 Å². The fourth-order valence-corrected chi connectivity index (χ4v) is 4.08. The summed E-state index contributed by atoms with van der Waals surface area (Å²) in [7, 11) is -3.36. The van der Waals surface area contributed by atoms with Crippen molar-refractivity contribution in [3.63, 3.8) is 0 Å². The number of nitrogens with one attached hydrogen (secondary N) is 1. The number of hydrogen-bond acceptors (Lipinski definition) is 4. The molecule has 1 amide bonds. The predicted molar refractivity (Wildman–Crippen MR) is 77.7 cm³/mol. The Hall–Kier alpha value is -0.660. The number of rotatable bonds is 7. The van der Waals surface area contributed by atoms with E-state index in [0.717, 1.165) is 0 Å². The van der Waals surface area contributed by atoms with Crippen LogP contribution in [-0.2, 0) is 14.8 Å². The van der Waals surface area contributed by atoms with Crippen LogP contribution in [0.1, 0.15) is 46.5 Å². The molecule has 1 rings (SSSR count). The van der Waals surface area contributed by atoms with E-state index in [2.05, 4.69) is 5.32 Å². The van der Waals surface area contributed by atoms with Gasteiger partial charge in [0.05, 0.1) is 17.9 Å². The number of carbonyl (C=O) groups is 1. The van der Waals surface area contributed by atoms with E-state index in [1.807, 2.05) is 13.8 Å². The van der Waals surface area contributed by atoms with Crippen LogP contribution >= 0.6 is 0 Å². The van der Waals surface area contributed by atoms with Gasteiger partial charge in [0.2, 0.25) is 15.9 Å². The van der Waals surface area contributed by atoms with E-state index >= 15 is 0 Å². The lowest BCUT2D eigenvalue weighted by Crippen LogP contribution is -2.55. The average Bonchev–Trinajstić information content (AvgIpc) is 2.88. The molecule has 0 aromatic rings. The summed E-state index contributed by atoms with van der Waals surface area (Å²) in [5, 5.41) is 12.1. The maximum Gasteiger partial charge on any atom is 0.238 e. The van der Waals surface area contributed by atoms with Gasteiger partial charge in [-0.25, -0.2) is 8.42 Å². The Morgan fingerprint density at radius 2 is 2.10 bits per heavy atom. The first-order valence-electron chi connectivity index (χ1n) is 7.22. The largest absolute Gasteiger partial charge is 0.394 e. The Balaban J connectivity index is 2.82. The summed E-state index contributed by atoms with van der Waals surface area (Å²) < 4.78 is 25.6. The van der Waals surface area contributed by atoms with Gasteiger partial charge in [0.25, 0.3) is 0 Å². The van der Waals surface area contributed by atoms with Gasteiger partial charge in [-0.3, -0.25) is 4.79 Å². The highest BCUT2D eigenvalue weighted by molar-refractivity contribution is 7.89. The molecule has 1 saturated heterocycles. The third-order valence-electron chi connectivity index (χ3n) is 3.88. The highest BCUT2D eigenvalue weighted by Crippen LogP contribution is 2.23. The number of aliphatic hydroxyl groups excluding tert-OH is 1. The highest BCUT2D eigenvalue weighted by atomic mass is 32.2. The molecule has 0 spiro atoms. The maximum atomic E-state index is 12.3. The molecular formula is C13H26N2O4S. The standard InChI is InChI=1S/C13H26N2O4S/c1-4-9-20(18,19)15-8-6-7-11(15)12(17)14-13(3,5-2)10-16/h11,16H,4-10H2,1-3H3,(H,14,17). The van der Waals surface area contributed by atoms with E-state index in [1.54, 1.807) is 6.92 Å². The van der Waals surface area contributed by atoms with Crippen molar-refractivity contribution in [3.05, 3.63) is 0 Å². The first-order chi connectivity index (χ1) is 9.29. The number of carbonyl (C=O) groups excluding carboxylic acids is 1. The van der Waals surface area contributed by atoms with Gasteiger partial charge in [-0.2, -0.15) is 4.31 Å². The number of amides is 1. The molecule has 2 unspecified atom stereocenters. The summed E-state index contributed by atoms with van der Waals surface area (Å²) in [6.07, 6.45) is 2.36. The maximum absolute atomic E-state index is 12.3. The lowest BCUT2D eigenvalue weighted by molar-refractivity contribution is -0.126. The number of sulfonamides is 1. The van der Waals surface area contributed by atoms with Crippen LogP contribution in [0.3, 0.4) is 0 Å². The second-order valence-corrected chi connectivity index (χ2v) is 7.69. The van der Waals surface area contributed by atoms with E-state index in [0.29, 0.717) is 32.2 Å². The van der Waals surface area contributed by atoms with Gasteiger partial charge in [0.1, 0.15) is 6.04 Å². The minimum absolute atomic E-state index is 0.0713. The summed E-state index contributed by atoms with van der Waals surface area (Å²) in [5.74, 6) is -0.234. The molecule has 1 fully saturated rings. The molecule has 0 aliphatic carbocycles. The van der Waals surface area contributed by atoms with E-state index in [-0.39, 0.29) is 18.3 Å². The Labute approximate surface area is 121 Å². The minimum Gasteiger partial charge on any atom is -0.394 e. The quantitative estimate of drug-likeness (QED) is 0.716. The topological polar surface area (TPSA) is 86.7 Å². The summed E-state index contributed by atoms with van der Waals surface area (Å²) in [5.41, 5.74) is -0.695. The van der Waals surface area contributed by atoms with E-state index in [9.17, 15) is 18.3 Å². The monoisotopic (exact) mass is 306 g/mol. The minimum atomic E-state index is -3.36. The Morgan fingerprint density at radius 1 is 1.45 bits per heavy atom. The molecule has 6 nitrogen and oxygen atoms in total. The van der Waals surface area contributed by atoms with E-state index in [4.69, 9.17) is 0 Å². The highest BCUT2D eigenvalue weighted by Gasteiger charge is 2.39. The SMILES string of the molecule is CCCS(=O)(=O)N1CCCC1C(=O)NC(C)(CC)CO. The van der Waals surface area contributed by atoms with E-state index < -0.39 is 21.6 Å². The molecule has 0 aromatic carbocycles. The van der Waals surface area contributed by atoms with Crippen LogP contribution in [0.15, 0.2) is 0 Å². The first kappa shape index (κ1) is 17.4. The number of hydrogen-bond donors (Lipinski definition) is 2. The predicted octanol–water partition coefficient (Wildman–Crippen LogP) is 0.468. The van der Waals surface area contributed by atoms with Crippen LogP contribution in [0.2, 0.25) is 0 Å². The van der Waals surface area contributed by atoms with E-state index in [1.165, 1.54) is 4.31 Å². The fourth-order valence-electron chi connectivity index (χ4n) is 2.33. The van der Waals surface area contributed by atoms with Crippen LogP contribution in [0.5, 0.6) is 0 Å². The zero-order valence-corrected chi connectivity index (χ0v) is 13.4. The second-order valence-electron chi connectivity index (χ2n) is 5.65. The molecule has 1 heterocycles. The molecular weight excluding hydrogens is 280 g/mol. The van der Waals surface area contributed by atoms with Gasteiger partial charge in [0, 0.05) is 6.54 Å². The van der Waals surface area contributed by atoms with Crippen molar-refractivity contribution >= 4 is 15.9 Å². The summed E-state index contributed by atoms with van der Waals surface area (Å²) >= 11 is 0. The third kappa shape index (κ3) is 3.93. The molecule has 0 aromatic heterocycles. The van der Waals surface area contributed by atoms with Crippen LogP contribution in [0.4, 0.5) is 0 Å². The molecule has 7 heteroatoms. The molecule has 2 atom stereocenters. The van der Waals surface area contributed by atoms with Crippen molar-refractivity contribution in [2.75, 3.05) is 18.9 Å². The molecule has 1 aliphatic heterocycles. The van der Waals surface area contributed by atoms with Crippen molar-refractivity contribution in [3.8, 4) is 0 Å². The van der Waals surface area contributed by atoms with Crippen LogP contribution < -0.4 is 5.32 Å². The Bertz CT molecular complexity index is 432. The van der Waals surface area contributed by atoms with Crippen LogP contribution in [-0.4, -0.2) is 54.2 Å². The molecule has 20 heavy (non-hydrogen) atoms. The van der Waals surface area contributed by atoms with Gasteiger partial charge in [0.15, 0.2) is 0 Å². The summed E-state index contributed by atoms with van der Waals surface area (Å²) in [6, 6.07) is -0.635. The average molecular weight is 306 g/mol. The zero-order chi connectivity index (χ0) is 15.4. The molecule has 118 valence electrons. The Morgan fingerprint density at radius 3 is 2.60 bits per heavy atom. The summed E-state index contributed by atoms with van der Waals surface area (Å²) in [6.45, 7) is 5.68. The first-order valence-corrected chi connectivity index (χ1v) is 8.83. The zero-order valence-electron chi connectivity index (χ0n) is 12.6. The lowest BCUT2D eigenvalue weighted by atomic mass is 9.99. The lowest BCUT2D eigenvalue weighted by Gasteiger charge is -2.31.